The standard InChI is InChI=1S/C24H21N5O3S/c1-13-17-6-4-5-7-18(17)21(28-29-24-26-14(2)19(12-25)33-24)22(30)20(13)23(31)27-15-8-10-16(32-3)11-9-15/h4-11,13,17,30H,1-3H3,(H,27,31). The molecule has 0 aliphatic heterocycles. The fourth-order valence-electron chi connectivity index (χ4n) is 3.80. The van der Waals surface area contributed by atoms with Gasteiger partial charge in [-0.1, -0.05) is 42.6 Å². The first-order chi connectivity index (χ1) is 15.9. The number of thiazole rings is 1. The Morgan fingerprint density at radius 3 is 2.70 bits per heavy atom. The minimum atomic E-state index is -0.420. The molecule has 33 heavy (non-hydrogen) atoms. The summed E-state index contributed by atoms with van der Waals surface area (Å²) in [4.78, 5) is 17.9. The van der Waals surface area contributed by atoms with Gasteiger partial charge in [-0.05, 0) is 36.8 Å². The number of nitrogens with zero attached hydrogens (tertiary/aromatic N) is 4. The molecule has 0 spiro atoms. The van der Waals surface area contributed by atoms with Crippen LogP contribution < -0.4 is 10.1 Å². The van der Waals surface area contributed by atoms with Gasteiger partial charge in [-0.3, -0.25) is 4.79 Å². The van der Waals surface area contributed by atoms with Crippen molar-refractivity contribution in [2.45, 2.75) is 13.8 Å². The molecule has 166 valence electrons. The molecule has 2 aliphatic carbocycles. The first kappa shape index (κ1) is 22.2. The molecule has 0 fully saturated rings. The predicted molar refractivity (Wildman–Crippen MR) is 125 cm³/mol. The van der Waals surface area contributed by atoms with E-state index in [9.17, 15) is 9.90 Å². The summed E-state index contributed by atoms with van der Waals surface area (Å²) < 4.78 is 5.15. The number of ether oxygens (including phenoxy) is 1. The maximum Gasteiger partial charge on any atom is 0.255 e. The van der Waals surface area contributed by atoms with Crippen molar-refractivity contribution in [2.75, 3.05) is 12.4 Å². The van der Waals surface area contributed by atoms with E-state index >= 15 is 0 Å². The number of methoxy groups -OCH3 is 1. The molecule has 0 saturated carbocycles. The number of benzene rings is 1. The van der Waals surface area contributed by atoms with Gasteiger partial charge in [0.15, 0.2) is 5.76 Å². The average Bonchev–Trinajstić information content (AvgIpc) is 3.19. The van der Waals surface area contributed by atoms with E-state index in [4.69, 9.17) is 10.00 Å². The molecule has 4 rings (SSSR count). The Kier molecular flexibility index (Phi) is 6.20. The zero-order valence-corrected chi connectivity index (χ0v) is 19.1. The van der Waals surface area contributed by atoms with Crippen LogP contribution in [0.1, 0.15) is 17.5 Å². The van der Waals surface area contributed by atoms with Crippen LogP contribution in [-0.2, 0) is 4.79 Å². The smallest absolute Gasteiger partial charge is 0.255 e. The number of nitriles is 1. The van der Waals surface area contributed by atoms with Crippen molar-refractivity contribution in [1.29, 1.82) is 5.26 Å². The van der Waals surface area contributed by atoms with Gasteiger partial charge in [0.2, 0.25) is 5.13 Å². The number of fused-ring (bicyclic) bond motifs is 1. The first-order valence-corrected chi connectivity index (χ1v) is 11.0. The van der Waals surface area contributed by atoms with Crippen LogP contribution in [0.25, 0.3) is 0 Å². The number of amides is 1. The third-order valence-electron chi connectivity index (χ3n) is 5.53. The minimum Gasteiger partial charge on any atom is -0.505 e. The lowest BCUT2D eigenvalue weighted by molar-refractivity contribution is -0.113. The summed E-state index contributed by atoms with van der Waals surface area (Å²) in [7, 11) is 1.57. The molecule has 2 N–H and O–H groups in total. The Morgan fingerprint density at radius 2 is 2.03 bits per heavy atom. The lowest BCUT2D eigenvalue weighted by Gasteiger charge is -2.31. The third-order valence-corrected chi connectivity index (χ3v) is 6.47. The zero-order chi connectivity index (χ0) is 23.5. The fraction of sp³-hybridized carbons (Fsp3) is 0.208. The molecule has 2 aromatic rings. The van der Waals surface area contributed by atoms with Gasteiger partial charge in [-0.2, -0.15) is 5.26 Å². The van der Waals surface area contributed by atoms with Crippen molar-refractivity contribution in [3.05, 3.63) is 81.7 Å². The highest BCUT2D eigenvalue weighted by Crippen LogP contribution is 2.42. The topological polar surface area (TPSA) is 120 Å². The number of hydrogen-bond donors (Lipinski definition) is 2. The van der Waals surface area contributed by atoms with Crippen LogP contribution in [0.4, 0.5) is 10.8 Å². The largest absolute Gasteiger partial charge is 0.505 e. The predicted octanol–water partition coefficient (Wildman–Crippen LogP) is 5.51. The fourth-order valence-corrected chi connectivity index (χ4v) is 4.49. The summed E-state index contributed by atoms with van der Waals surface area (Å²) in [6, 6.07) is 9.01. The van der Waals surface area contributed by atoms with Crippen molar-refractivity contribution >= 4 is 28.1 Å². The zero-order valence-electron chi connectivity index (χ0n) is 18.2. The highest BCUT2D eigenvalue weighted by Gasteiger charge is 2.37. The van der Waals surface area contributed by atoms with Gasteiger partial charge in [0.1, 0.15) is 22.4 Å². The van der Waals surface area contributed by atoms with E-state index in [0.29, 0.717) is 27.1 Å². The van der Waals surface area contributed by atoms with Gasteiger partial charge in [0.25, 0.3) is 5.91 Å². The summed E-state index contributed by atoms with van der Waals surface area (Å²) in [5.74, 6) is -0.406. The number of aliphatic hydroxyl groups is 1. The summed E-state index contributed by atoms with van der Waals surface area (Å²) >= 11 is 1.12. The molecule has 2 atom stereocenters. The Morgan fingerprint density at radius 1 is 1.27 bits per heavy atom. The first-order valence-electron chi connectivity index (χ1n) is 10.2. The van der Waals surface area contributed by atoms with E-state index in [2.05, 4.69) is 26.6 Å². The highest BCUT2D eigenvalue weighted by molar-refractivity contribution is 7.15. The molecule has 2 unspecified atom stereocenters. The van der Waals surface area contributed by atoms with Gasteiger partial charge >= 0.3 is 0 Å². The summed E-state index contributed by atoms with van der Waals surface area (Å²) in [5.41, 5.74) is 2.35. The maximum absolute atomic E-state index is 13.2. The van der Waals surface area contributed by atoms with E-state index in [0.717, 1.165) is 16.9 Å². The quantitative estimate of drug-likeness (QED) is 0.571. The van der Waals surface area contributed by atoms with Gasteiger partial charge in [0, 0.05) is 17.5 Å². The number of aryl methyl sites for hydroxylation is 1. The molecule has 2 aliphatic rings. The summed E-state index contributed by atoms with van der Waals surface area (Å²) in [6.07, 6.45) is 7.59. The second kappa shape index (κ2) is 9.22. The molecule has 1 aromatic heterocycles. The van der Waals surface area contributed by atoms with E-state index in [1.165, 1.54) is 0 Å². The van der Waals surface area contributed by atoms with Crippen LogP contribution in [0.3, 0.4) is 0 Å². The number of aliphatic hydroxyl groups excluding tert-OH is 1. The molecule has 0 bridgehead atoms. The molecular weight excluding hydrogens is 438 g/mol. The number of carbonyl (C=O) groups is 1. The Hall–Kier alpha value is -4.03. The van der Waals surface area contributed by atoms with Gasteiger partial charge < -0.3 is 15.2 Å². The molecule has 0 saturated heterocycles. The molecule has 1 amide bonds. The second-order valence-corrected chi connectivity index (χ2v) is 8.51. The number of aromatic nitrogens is 1. The van der Waals surface area contributed by atoms with Crippen LogP contribution in [0.2, 0.25) is 0 Å². The molecule has 8 nitrogen and oxygen atoms in total. The second-order valence-electron chi connectivity index (χ2n) is 7.53. The minimum absolute atomic E-state index is 0.149. The average molecular weight is 460 g/mol. The van der Waals surface area contributed by atoms with E-state index in [1.54, 1.807) is 38.3 Å². The number of carbonyl (C=O) groups excluding carboxylic acids is 1. The highest BCUT2D eigenvalue weighted by atomic mass is 32.1. The van der Waals surface area contributed by atoms with Crippen molar-refractivity contribution in [3.8, 4) is 11.8 Å². The Labute approximate surface area is 195 Å². The number of rotatable bonds is 5. The number of nitrogens with one attached hydrogen (secondary N) is 1. The molecular formula is C24H21N5O3S. The third kappa shape index (κ3) is 4.33. The normalized spacial score (nSPS) is 19.6. The summed E-state index contributed by atoms with van der Waals surface area (Å²) in [5, 5.41) is 31.8. The number of hydrogen-bond acceptors (Lipinski definition) is 8. The van der Waals surface area contributed by atoms with Gasteiger partial charge in [-0.15, -0.1) is 10.2 Å². The van der Waals surface area contributed by atoms with Crippen molar-refractivity contribution in [3.63, 3.8) is 0 Å². The van der Waals surface area contributed by atoms with Crippen molar-refractivity contribution in [1.82, 2.24) is 4.98 Å². The number of allylic oxidation sites excluding steroid dienone is 5. The molecule has 1 aromatic carbocycles. The lowest BCUT2D eigenvalue weighted by Crippen LogP contribution is -2.30. The van der Waals surface area contributed by atoms with Gasteiger partial charge in [-0.25, -0.2) is 4.98 Å². The number of azo groups is 1. The Bertz CT molecular complexity index is 1290. The van der Waals surface area contributed by atoms with Crippen LogP contribution in [0.5, 0.6) is 5.75 Å². The van der Waals surface area contributed by atoms with Crippen LogP contribution in [0, 0.1) is 30.1 Å². The van der Waals surface area contributed by atoms with E-state index < -0.39 is 5.91 Å². The van der Waals surface area contributed by atoms with E-state index in [1.807, 2.05) is 31.2 Å². The van der Waals surface area contributed by atoms with Crippen molar-refractivity contribution < 1.29 is 14.6 Å². The van der Waals surface area contributed by atoms with Crippen LogP contribution in [-0.4, -0.2) is 23.1 Å². The molecule has 0 radical (unpaired) electrons. The van der Waals surface area contributed by atoms with E-state index in [-0.39, 0.29) is 28.9 Å². The molecule has 1 heterocycles. The number of anilines is 1. The Balaban J connectivity index is 1.71. The van der Waals surface area contributed by atoms with Gasteiger partial charge in [0.05, 0.1) is 18.4 Å². The monoisotopic (exact) mass is 459 g/mol. The van der Waals surface area contributed by atoms with Crippen LogP contribution in [0.15, 0.2) is 81.4 Å². The maximum atomic E-state index is 13.2. The SMILES string of the molecule is COc1ccc(NC(=O)C2=C(O)C(N=Nc3nc(C)c(C#N)s3)=C3C=CC=CC3C2C)cc1. The summed E-state index contributed by atoms with van der Waals surface area (Å²) in [6.45, 7) is 3.62. The molecule has 9 heteroatoms. The lowest BCUT2D eigenvalue weighted by atomic mass is 9.74. The van der Waals surface area contributed by atoms with Crippen molar-refractivity contribution in [2.24, 2.45) is 22.1 Å². The van der Waals surface area contributed by atoms with Crippen LogP contribution >= 0.6 is 11.3 Å².